The van der Waals surface area contributed by atoms with Crippen LogP contribution < -0.4 is 5.32 Å². The number of amides is 1. The zero-order valence-electron chi connectivity index (χ0n) is 20.2. The molecule has 1 amide bonds. The number of allylic oxidation sites excluding steroid dienone is 12. The minimum absolute atomic E-state index is 0.0295. The topological polar surface area (TPSA) is 110 Å². The molecule has 6 atom stereocenters. The Morgan fingerprint density at radius 2 is 1.44 bits per heavy atom. The predicted molar refractivity (Wildman–Crippen MR) is 138 cm³/mol. The summed E-state index contributed by atoms with van der Waals surface area (Å²) in [6.07, 6.45) is 22.2. The van der Waals surface area contributed by atoms with Crippen LogP contribution in [0.4, 0.5) is 0 Å². The van der Waals surface area contributed by atoms with E-state index < -0.39 is 30.3 Å². The molecule has 0 aromatic rings. The van der Waals surface area contributed by atoms with Crippen LogP contribution in [-0.4, -0.2) is 56.8 Å². The Bertz CT molecular complexity index is 847. The smallest absolute Gasteiger partial charge is 0.244 e. The molecule has 1 aliphatic rings. The van der Waals surface area contributed by atoms with E-state index in [2.05, 4.69) is 5.32 Å². The fourth-order valence-corrected chi connectivity index (χ4v) is 3.07. The molecule has 34 heavy (non-hydrogen) atoms. The van der Waals surface area contributed by atoms with Gasteiger partial charge in [0.15, 0.2) is 0 Å². The SMILES string of the molecule is CC1=C\C=C\C=C\CC(C)NC(=O)/C=C/C=C/C(C)C(O)C(O)C(O)CC(O)\C=C\C=C\C=C\1. The van der Waals surface area contributed by atoms with Gasteiger partial charge < -0.3 is 25.7 Å². The number of rotatable bonds is 0. The first-order chi connectivity index (χ1) is 16.2. The Balaban J connectivity index is 2.93. The van der Waals surface area contributed by atoms with Crippen molar-refractivity contribution in [3.05, 3.63) is 96.7 Å². The number of carbonyl (C=O) groups is 1. The molecule has 0 aliphatic carbocycles. The van der Waals surface area contributed by atoms with Crippen molar-refractivity contribution < 1.29 is 25.2 Å². The van der Waals surface area contributed by atoms with Gasteiger partial charge in [0.05, 0.1) is 18.3 Å². The van der Waals surface area contributed by atoms with Gasteiger partial charge in [0.2, 0.25) is 5.91 Å². The first-order valence-corrected chi connectivity index (χ1v) is 11.6. The van der Waals surface area contributed by atoms with Crippen molar-refractivity contribution in [1.82, 2.24) is 5.32 Å². The summed E-state index contributed by atoms with van der Waals surface area (Å²) in [7, 11) is 0. The molecule has 0 saturated carbocycles. The summed E-state index contributed by atoms with van der Waals surface area (Å²) < 4.78 is 0. The minimum Gasteiger partial charge on any atom is -0.390 e. The van der Waals surface area contributed by atoms with E-state index >= 15 is 0 Å². The van der Waals surface area contributed by atoms with Crippen molar-refractivity contribution in [2.24, 2.45) is 5.92 Å². The molecule has 0 radical (unpaired) electrons. The van der Waals surface area contributed by atoms with Gasteiger partial charge in [-0.05, 0) is 20.3 Å². The van der Waals surface area contributed by atoms with Crippen molar-refractivity contribution in [3.8, 4) is 0 Å². The lowest BCUT2D eigenvalue weighted by molar-refractivity contribution is -0.117. The molecular formula is C28H39NO5. The monoisotopic (exact) mass is 469 g/mol. The molecule has 1 aliphatic heterocycles. The van der Waals surface area contributed by atoms with Gasteiger partial charge in [-0.1, -0.05) is 97.6 Å². The van der Waals surface area contributed by atoms with Gasteiger partial charge in [-0.15, -0.1) is 0 Å². The standard InChI is InChI=1S/C28H39NO5/c1-21-14-8-4-6-10-17-23(3)29-26(32)19-13-12-16-22(2)27(33)28(34)25(31)20-24(30)18-11-7-5-9-15-21/h4-16,18-19,22-25,27-28,30-31,33-34H,17,20H2,1-3H3,(H,29,32)/b7-5+,8-4+,10-6+,15-9+,16-12+,18-11+,19-13+,21-14+. The Kier molecular flexibility index (Phi) is 14.4. The van der Waals surface area contributed by atoms with Gasteiger partial charge in [-0.3, -0.25) is 4.79 Å². The average Bonchev–Trinajstić information content (AvgIpc) is 2.79. The first-order valence-electron chi connectivity index (χ1n) is 11.6. The van der Waals surface area contributed by atoms with Crippen LogP contribution in [0.25, 0.3) is 0 Å². The third-order valence-electron chi connectivity index (χ3n) is 5.16. The van der Waals surface area contributed by atoms with E-state index in [4.69, 9.17) is 0 Å². The maximum absolute atomic E-state index is 12.0. The van der Waals surface area contributed by atoms with Crippen molar-refractivity contribution >= 4 is 5.91 Å². The highest BCUT2D eigenvalue weighted by atomic mass is 16.4. The number of hydrogen-bond acceptors (Lipinski definition) is 5. The summed E-state index contributed by atoms with van der Waals surface area (Å²) in [5.41, 5.74) is 1.06. The number of aliphatic hydroxyl groups is 4. The molecule has 0 fully saturated rings. The van der Waals surface area contributed by atoms with Crippen LogP contribution in [0.3, 0.4) is 0 Å². The quantitative estimate of drug-likeness (QED) is 0.374. The average molecular weight is 470 g/mol. The highest BCUT2D eigenvalue weighted by Crippen LogP contribution is 2.15. The van der Waals surface area contributed by atoms with E-state index in [0.29, 0.717) is 6.42 Å². The zero-order valence-corrected chi connectivity index (χ0v) is 20.2. The molecule has 0 aromatic carbocycles. The second-order valence-corrected chi connectivity index (χ2v) is 8.45. The number of carbonyl (C=O) groups excluding carboxylic acids is 1. The molecule has 6 unspecified atom stereocenters. The van der Waals surface area contributed by atoms with Crippen LogP contribution in [0.2, 0.25) is 0 Å². The van der Waals surface area contributed by atoms with E-state index in [1.807, 2.05) is 62.5 Å². The lowest BCUT2D eigenvalue weighted by atomic mass is 9.93. The Morgan fingerprint density at radius 1 is 0.794 bits per heavy atom. The summed E-state index contributed by atoms with van der Waals surface area (Å²) in [6.45, 7) is 5.59. The van der Waals surface area contributed by atoms with Gasteiger partial charge in [0, 0.05) is 24.5 Å². The van der Waals surface area contributed by atoms with E-state index in [1.165, 1.54) is 12.2 Å². The summed E-state index contributed by atoms with van der Waals surface area (Å²) in [5, 5.41) is 43.7. The summed E-state index contributed by atoms with van der Waals surface area (Å²) in [6, 6.07) is -0.0295. The third-order valence-corrected chi connectivity index (χ3v) is 5.16. The second-order valence-electron chi connectivity index (χ2n) is 8.45. The molecule has 186 valence electrons. The van der Waals surface area contributed by atoms with E-state index in [-0.39, 0.29) is 18.4 Å². The van der Waals surface area contributed by atoms with Crippen LogP contribution in [0, 0.1) is 5.92 Å². The summed E-state index contributed by atoms with van der Waals surface area (Å²) >= 11 is 0. The maximum Gasteiger partial charge on any atom is 0.244 e. The van der Waals surface area contributed by atoms with E-state index in [9.17, 15) is 25.2 Å². The number of aliphatic hydroxyl groups excluding tert-OH is 4. The molecule has 6 nitrogen and oxygen atoms in total. The lowest BCUT2D eigenvalue weighted by Crippen LogP contribution is -2.41. The predicted octanol–water partition coefficient (Wildman–Crippen LogP) is 3.20. The Hall–Kier alpha value is -2.77. The maximum atomic E-state index is 12.0. The van der Waals surface area contributed by atoms with Crippen LogP contribution in [0.5, 0.6) is 0 Å². The van der Waals surface area contributed by atoms with Crippen molar-refractivity contribution in [1.29, 1.82) is 0 Å². The molecule has 0 bridgehead atoms. The Morgan fingerprint density at radius 3 is 2.21 bits per heavy atom. The van der Waals surface area contributed by atoms with Crippen molar-refractivity contribution in [2.75, 3.05) is 0 Å². The largest absolute Gasteiger partial charge is 0.390 e. The first kappa shape index (κ1) is 29.3. The Labute approximate surface area is 203 Å². The molecule has 0 saturated heterocycles. The highest BCUT2D eigenvalue weighted by molar-refractivity contribution is 5.87. The minimum atomic E-state index is -1.43. The van der Waals surface area contributed by atoms with Crippen LogP contribution in [0.1, 0.15) is 33.6 Å². The molecule has 0 spiro atoms. The summed E-state index contributed by atoms with van der Waals surface area (Å²) in [5.74, 6) is -0.708. The van der Waals surface area contributed by atoms with Gasteiger partial charge in [0.1, 0.15) is 6.10 Å². The molecule has 5 N–H and O–H groups in total. The van der Waals surface area contributed by atoms with Gasteiger partial charge >= 0.3 is 0 Å². The molecule has 6 heteroatoms. The molecule has 1 heterocycles. The van der Waals surface area contributed by atoms with Crippen molar-refractivity contribution in [2.45, 2.75) is 64.1 Å². The zero-order chi connectivity index (χ0) is 25.3. The highest BCUT2D eigenvalue weighted by Gasteiger charge is 2.28. The van der Waals surface area contributed by atoms with E-state index in [1.54, 1.807) is 37.3 Å². The summed E-state index contributed by atoms with van der Waals surface area (Å²) in [4.78, 5) is 12.0. The number of nitrogens with one attached hydrogen (secondary N) is 1. The second kappa shape index (κ2) is 16.8. The third kappa shape index (κ3) is 13.1. The van der Waals surface area contributed by atoms with Gasteiger partial charge in [0.25, 0.3) is 0 Å². The molecular weight excluding hydrogens is 430 g/mol. The van der Waals surface area contributed by atoms with Crippen LogP contribution >= 0.6 is 0 Å². The fourth-order valence-electron chi connectivity index (χ4n) is 3.07. The molecule has 1 rings (SSSR count). The lowest BCUT2D eigenvalue weighted by Gasteiger charge is -2.26. The van der Waals surface area contributed by atoms with Crippen LogP contribution in [-0.2, 0) is 4.79 Å². The number of hydrogen-bond donors (Lipinski definition) is 5. The van der Waals surface area contributed by atoms with Gasteiger partial charge in [-0.2, -0.15) is 0 Å². The van der Waals surface area contributed by atoms with Gasteiger partial charge in [-0.25, -0.2) is 0 Å². The molecule has 0 aromatic heterocycles. The normalized spacial score (nSPS) is 38.9. The van der Waals surface area contributed by atoms with Crippen LogP contribution in [0.15, 0.2) is 96.7 Å². The van der Waals surface area contributed by atoms with Crippen molar-refractivity contribution in [3.63, 3.8) is 0 Å². The fraction of sp³-hybridized carbons (Fsp3) is 0.393. The van der Waals surface area contributed by atoms with E-state index in [0.717, 1.165) is 5.57 Å².